The first kappa shape index (κ1) is 24.1. The van der Waals surface area contributed by atoms with Gasteiger partial charge in [0.2, 0.25) is 0 Å². The van der Waals surface area contributed by atoms with Crippen molar-refractivity contribution in [2.45, 2.75) is 100 Å². The molecule has 6 heteroatoms. The molecule has 0 aromatic heterocycles. The maximum absolute atomic E-state index is 14.0. The monoisotopic (exact) mass is 365 g/mol. The van der Waals surface area contributed by atoms with Crippen molar-refractivity contribution in [3.05, 3.63) is 0 Å². The van der Waals surface area contributed by atoms with E-state index in [-0.39, 0.29) is 31.8 Å². The summed E-state index contributed by atoms with van der Waals surface area (Å²) in [6.07, 6.45) is 3.25. The Morgan fingerprint density at radius 1 is 0.591 bits per heavy atom. The molecule has 0 radical (unpaired) electrons. The van der Waals surface area contributed by atoms with Crippen LogP contribution in [0.2, 0.25) is 21.3 Å². The Hall–Kier alpha value is -0.161. The molecule has 4 N–H and O–H groups in total. The van der Waals surface area contributed by atoms with Gasteiger partial charge in [-0.15, -0.1) is 0 Å². The molecular formula is C16H40MnNO4. The summed E-state index contributed by atoms with van der Waals surface area (Å²) < 4.78 is 53.5. The number of hydrogen-bond donors (Lipinski definition) is 2. The zero-order valence-corrected chi connectivity index (χ0v) is 16.4. The van der Waals surface area contributed by atoms with E-state index in [0.717, 1.165) is 0 Å². The molecule has 0 spiro atoms. The van der Waals surface area contributed by atoms with E-state index >= 15 is 0 Å². The van der Waals surface area contributed by atoms with E-state index in [4.69, 9.17) is 0 Å². The molecule has 0 bridgehead atoms. The molecule has 0 aromatic rings. The Bertz CT molecular complexity index is 618. The van der Waals surface area contributed by atoms with Crippen molar-refractivity contribution >= 4 is 0 Å². The van der Waals surface area contributed by atoms with Crippen LogP contribution in [0.4, 0.5) is 0 Å². The quantitative estimate of drug-likeness (QED) is 0.397. The van der Waals surface area contributed by atoms with Gasteiger partial charge in [0, 0.05) is 0 Å². The van der Waals surface area contributed by atoms with Crippen molar-refractivity contribution in [1.82, 2.24) is 6.15 Å². The average Bonchev–Trinajstić information content (AvgIpc) is 2.41. The van der Waals surface area contributed by atoms with Crippen LogP contribution in [0, 0.1) is 0 Å². The van der Waals surface area contributed by atoms with E-state index in [1.54, 1.807) is 0 Å². The van der Waals surface area contributed by atoms with Crippen LogP contribution >= 0.6 is 0 Å². The standard InChI is InChI=1S/4C4H9.Mn.H3N.H2O.3O/c4*1-3-4-2;;;;;;/h4*1,3-4H2,2H3;;1H3;1H2;;;/q;;;;+1;;;;;/p-1. The van der Waals surface area contributed by atoms with Gasteiger partial charge in [0.15, 0.2) is 0 Å². The SMILES string of the molecule is CCC[CH2][Mn](=[O])(=[O])(=[O])([OH])([CH2]CCC)([CH2]CCC)[CH2]CCC.N. The molecule has 0 heterocycles. The van der Waals surface area contributed by atoms with Gasteiger partial charge >= 0.3 is 125 Å². The van der Waals surface area contributed by atoms with Crippen LogP contribution in [-0.2, 0) is 20.3 Å². The molecule has 0 aliphatic rings. The first-order chi connectivity index (χ1) is 9.24. The van der Waals surface area contributed by atoms with Gasteiger partial charge in [-0.3, -0.25) is 0 Å². The maximum atomic E-state index is 14.0. The molecule has 0 aliphatic heterocycles. The van der Waals surface area contributed by atoms with Gasteiger partial charge in [-0.05, 0) is 0 Å². The van der Waals surface area contributed by atoms with E-state index in [1.807, 2.05) is 27.7 Å². The molecule has 0 aromatic carbocycles. The van der Waals surface area contributed by atoms with Crippen LogP contribution in [-0.4, -0.2) is 4.19 Å². The van der Waals surface area contributed by atoms with Crippen LogP contribution in [0.5, 0.6) is 0 Å². The smallest absolute Gasteiger partial charge is 0.344 e. The van der Waals surface area contributed by atoms with Gasteiger partial charge in [-0.1, -0.05) is 0 Å². The second-order valence-corrected chi connectivity index (χ2v) is 20.2. The van der Waals surface area contributed by atoms with E-state index in [0.29, 0.717) is 25.7 Å². The summed E-state index contributed by atoms with van der Waals surface area (Å²) in [6.45, 7) is 7.38. The summed E-state index contributed by atoms with van der Waals surface area (Å²) in [7, 11) is -8.29. The van der Waals surface area contributed by atoms with E-state index in [1.165, 1.54) is 0 Å². The van der Waals surface area contributed by atoms with Crippen molar-refractivity contribution in [1.29, 1.82) is 0 Å². The van der Waals surface area contributed by atoms with Crippen LogP contribution in [0.25, 0.3) is 0 Å². The van der Waals surface area contributed by atoms with Crippen LogP contribution in [0.3, 0.4) is 0 Å². The fourth-order valence-electron chi connectivity index (χ4n) is 3.13. The largest absolute Gasteiger partial charge is 0.344 e. The zero-order valence-electron chi connectivity index (χ0n) is 15.2. The Kier molecular flexibility index (Phi) is 5.66. The van der Waals surface area contributed by atoms with Crippen molar-refractivity contribution < 1.29 is 24.4 Å². The molecule has 0 unspecified atom stereocenters. The van der Waals surface area contributed by atoms with E-state index in [2.05, 4.69) is 0 Å². The summed E-state index contributed by atoms with van der Waals surface area (Å²) in [5.41, 5.74) is 0. The second kappa shape index (κ2) is 5.17. The zero-order chi connectivity index (χ0) is 16.8. The Morgan fingerprint density at radius 2 is 0.773 bits per heavy atom. The second-order valence-electron chi connectivity index (χ2n) is 7.49. The summed E-state index contributed by atoms with van der Waals surface area (Å²) in [5, 5.41) is -2.47. The molecule has 0 amide bonds. The fraction of sp³-hybridized carbons (Fsp3) is 1.00. The third-order valence-corrected chi connectivity index (χ3v) is 15.4. The maximum Gasteiger partial charge on any atom is -0.344 e. The third kappa shape index (κ3) is 5.48. The molecule has 140 valence electrons. The molecule has 22 heavy (non-hydrogen) atoms. The Balaban J connectivity index is 0. The molecular weight excluding hydrogens is 325 g/mol. The predicted molar refractivity (Wildman–Crippen MR) is 88.2 cm³/mol. The first-order valence-corrected chi connectivity index (χ1v) is 13.8. The molecule has 0 atom stereocenters. The number of unbranched alkanes of at least 4 members (excludes halogenated alkanes) is 4. The van der Waals surface area contributed by atoms with E-state index < -0.39 is 30.0 Å². The molecule has 0 saturated carbocycles. The summed E-state index contributed by atoms with van der Waals surface area (Å²) in [5.74, 6) is 0. The minimum absolute atomic E-state index is 0. The van der Waals surface area contributed by atoms with Crippen molar-refractivity contribution in [3.8, 4) is 0 Å². The van der Waals surface area contributed by atoms with Gasteiger partial charge in [0.25, 0.3) is 0 Å². The minimum Gasteiger partial charge on any atom is -0.344 e. The minimum atomic E-state index is -8.29. The van der Waals surface area contributed by atoms with Gasteiger partial charge in [0.1, 0.15) is 0 Å². The summed E-state index contributed by atoms with van der Waals surface area (Å²) in [4.78, 5) is 0. The number of rotatable bonds is 12. The van der Waals surface area contributed by atoms with Gasteiger partial charge in [-0.25, -0.2) is 0 Å². The Morgan fingerprint density at radius 3 is 0.909 bits per heavy atom. The van der Waals surface area contributed by atoms with Crippen LogP contribution in [0.15, 0.2) is 0 Å². The molecule has 0 saturated heterocycles. The first-order valence-electron chi connectivity index (χ1n) is 8.53. The normalized spacial score (nSPS) is 19.1. The predicted octanol–water partition coefficient (Wildman–Crippen LogP) is 6.26. The van der Waals surface area contributed by atoms with Gasteiger partial charge < -0.3 is 6.15 Å². The average molecular weight is 365 g/mol. The molecule has 0 fully saturated rings. The van der Waals surface area contributed by atoms with Gasteiger partial charge in [-0.2, -0.15) is 0 Å². The molecule has 0 rings (SSSR count). The topological polar surface area (TPSA) is 106 Å². The fourth-order valence-corrected chi connectivity index (χ4v) is 12.9. The van der Waals surface area contributed by atoms with Crippen LogP contribution in [0.1, 0.15) is 79.1 Å². The molecule has 5 nitrogen and oxygen atoms in total. The van der Waals surface area contributed by atoms with Crippen molar-refractivity contribution in [2.75, 3.05) is 0 Å². The Labute approximate surface area is 131 Å². The van der Waals surface area contributed by atoms with Crippen molar-refractivity contribution in [3.63, 3.8) is 0 Å². The summed E-state index contributed by atoms with van der Waals surface area (Å²) >= 11 is 0. The third-order valence-electron chi connectivity index (χ3n) is 4.82. The van der Waals surface area contributed by atoms with E-state index in [9.17, 15) is 15.7 Å². The number of hydrogen-bond acceptors (Lipinski definition) is 4. The van der Waals surface area contributed by atoms with Gasteiger partial charge in [0.05, 0.1) is 0 Å². The van der Waals surface area contributed by atoms with Crippen LogP contribution < -0.4 is 6.15 Å². The molecule has 0 aliphatic carbocycles. The summed E-state index contributed by atoms with van der Waals surface area (Å²) in [6, 6.07) is 0. The van der Waals surface area contributed by atoms with Crippen molar-refractivity contribution in [2.24, 2.45) is 0 Å².